The van der Waals surface area contributed by atoms with Crippen molar-refractivity contribution in [1.29, 1.82) is 0 Å². The molecular formula is C23H23N3O5. The summed E-state index contributed by atoms with van der Waals surface area (Å²) in [6.07, 6.45) is 2.99. The summed E-state index contributed by atoms with van der Waals surface area (Å²) in [4.78, 5) is 30.6. The van der Waals surface area contributed by atoms with E-state index in [1.165, 1.54) is 4.90 Å². The monoisotopic (exact) mass is 421 g/mol. The smallest absolute Gasteiger partial charge is 0.261 e. The standard InChI is InChI=1S/C23H23N3O5/c1-30-19-8-4-5-9-20(19)31-15-16(27)14-25-13-11-24-21(25)10-12-26-22(28)17-6-2-3-7-18(17)23(26)29/h2-9,11,13,16,27H,10,12,14-15H2,1H3. The van der Waals surface area contributed by atoms with Crippen LogP contribution in [-0.2, 0) is 13.0 Å². The van der Waals surface area contributed by atoms with Crippen molar-refractivity contribution >= 4 is 11.8 Å². The van der Waals surface area contributed by atoms with E-state index in [0.29, 0.717) is 34.9 Å². The van der Waals surface area contributed by atoms with Gasteiger partial charge in [0.05, 0.1) is 24.8 Å². The van der Waals surface area contributed by atoms with E-state index in [4.69, 9.17) is 9.47 Å². The predicted octanol–water partition coefficient (Wildman–Crippen LogP) is 2.17. The summed E-state index contributed by atoms with van der Waals surface area (Å²) < 4.78 is 12.7. The summed E-state index contributed by atoms with van der Waals surface area (Å²) in [7, 11) is 1.56. The Hall–Kier alpha value is -3.65. The van der Waals surface area contributed by atoms with Gasteiger partial charge >= 0.3 is 0 Å². The number of carbonyl (C=O) groups excluding carboxylic acids is 2. The molecule has 1 aliphatic heterocycles. The fourth-order valence-electron chi connectivity index (χ4n) is 3.59. The summed E-state index contributed by atoms with van der Waals surface area (Å²) in [5, 5.41) is 10.4. The molecule has 8 nitrogen and oxygen atoms in total. The third kappa shape index (κ3) is 4.29. The normalized spacial score (nSPS) is 13.9. The summed E-state index contributed by atoms with van der Waals surface area (Å²) in [5.74, 6) is 1.25. The Balaban J connectivity index is 1.34. The molecule has 1 aromatic heterocycles. The average molecular weight is 421 g/mol. The minimum atomic E-state index is -0.780. The molecule has 8 heteroatoms. The van der Waals surface area contributed by atoms with Crippen molar-refractivity contribution in [2.75, 3.05) is 20.3 Å². The van der Waals surface area contributed by atoms with Crippen molar-refractivity contribution in [3.05, 3.63) is 77.9 Å². The summed E-state index contributed by atoms with van der Waals surface area (Å²) >= 11 is 0. The molecule has 31 heavy (non-hydrogen) atoms. The highest BCUT2D eigenvalue weighted by Gasteiger charge is 2.34. The number of para-hydroxylation sites is 2. The van der Waals surface area contributed by atoms with Crippen LogP contribution in [0.2, 0.25) is 0 Å². The van der Waals surface area contributed by atoms with E-state index in [0.717, 1.165) is 0 Å². The molecule has 1 aliphatic rings. The van der Waals surface area contributed by atoms with Crippen LogP contribution >= 0.6 is 0 Å². The number of rotatable bonds is 9. The second-order valence-electron chi connectivity index (χ2n) is 7.17. The van der Waals surface area contributed by atoms with Crippen molar-refractivity contribution < 1.29 is 24.2 Å². The largest absolute Gasteiger partial charge is 0.493 e. The van der Waals surface area contributed by atoms with Gasteiger partial charge in [0.15, 0.2) is 11.5 Å². The first-order valence-electron chi connectivity index (χ1n) is 9.97. The molecule has 4 rings (SSSR count). The Bertz CT molecular complexity index is 1060. The number of aromatic nitrogens is 2. The van der Waals surface area contributed by atoms with Gasteiger partial charge in [-0.3, -0.25) is 14.5 Å². The first-order valence-corrected chi connectivity index (χ1v) is 9.97. The topological polar surface area (TPSA) is 93.9 Å². The molecule has 1 unspecified atom stereocenters. The number of imidazole rings is 1. The van der Waals surface area contributed by atoms with E-state index in [2.05, 4.69) is 4.98 Å². The number of methoxy groups -OCH3 is 1. The molecule has 2 heterocycles. The van der Waals surface area contributed by atoms with Crippen LogP contribution in [0.15, 0.2) is 60.9 Å². The molecular weight excluding hydrogens is 398 g/mol. The third-order valence-corrected chi connectivity index (χ3v) is 5.15. The third-order valence-electron chi connectivity index (χ3n) is 5.15. The van der Waals surface area contributed by atoms with Gasteiger partial charge in [0.1, 0.15) is 18.5 Å². The Morgan fingerprint density at radius 2 is 1.65 bits per heavy atom. The zero-order chi connectivity index (χ0) is 21.8. The number of imide groups is 1. The van der Waals surface area contributed by atoms with E-state index in [9.17, 15) is 14.7 Å². The van der Waals surface area contributed by atoms with Gasteiger partial charge in [0, 0.05) is 25.4 Å². The zero-order valence-corrected chi connectivity index (χ0v) is 17.1. The fourth-order valence-corrected chi connectivity index (χ4v) is 3.59. The maximum atomic E-state index is 12.5. The quantitative estimate of drug-likeness (QED) is 0.532. The highest BCUT2D eigenvalue weighted by Crippen LogP contribution is 2.26. The number of hydrogen-bond acceptors (Lipinski definition) is 6. The number of aliphatic hydroxyl groups excluding tert-OH is 1. The van der Waals surface area contributed by atoms with Gasteiger partial charge in [0.25, 0.3) is 11.8 Å². The van der Waals surface area contributed by atoms with E-state index < -0.39 is 6.10 Å². The minimum Gasteiger partial charge on any atom is -0.493 e. The van der Waals surface area contributed by atoms with Crippen LogP contribution in [0, 0.1) is 0 Å². The number of nitrogens with zero attached hydrogens (tertiary/aromatic N) is 3. The lowest BCUT2D eigenvalue weighted by atomic mass is 10.1. The van der Waals surface area contributed by atoms with Gasteiger partial charge in [-0.25, -0.2) is 4.98 Å². The predicted molar refractivity (Wildman–Crippen MR) is 112 cm³/mol. The van der Waals surface area contributed by atoms with Crippen molar-refractivity contribution in [1.82, 2.24) is 14.5 Å². The minimum absolute atomic E-state index is 0.0798. The van der Waals surface area contributed by atoms with E-state index in [1.807, 2.05) is 12.1 Å². The first-order chi connectivity index (χ1) is 15.1. The van der Waals surface area contributed by atoms with Crippen LogP contribution in [0.25, 0.3) is 0 Å². The molecule has 160 valence electrons. The Kier molecular flexibility index (Phi) is 5.99. The van der Waals surface area contributed by atoms with Gasteiger partial charge in [-0.05, 0) is 24.3 Å². The number of aliphatic hydroxyl groups is 1. The molecule has 0 bridgehead atoms. The van der Waals surface area contributed by atoms with Gasteiger partial charge < -0.3 is 19.1 Å². The molecule has 0 radical (unpaired) electrons. The molecule has 2 aromatic carbocycles. The van der Waals surface area contributed by atoms with Gasteiger partial charge in [-0.2, -0.15) is 0 Å². The molecule has 0 saturated carbocycles. The second-order valence-corrected chi connectivity index (χ2v) is 7.17. The second kappa shape index (κ2) is 9.01. The number of benzene rings is 2. The number of ether oxygens (including phenoxy) is 2. The SMILES string of the molecule is COc1ccccc1OCC(O)Cn1ccnc1CCN1C(=O)c2ccccc2C1=O. The number of carbonyl (C=O) groups is 2. The van der Waals surface area contributed by atoms with Crippen molar-refractivity contribution in [2.45, 2.75) is 19.1 Å². The number of amides is 2. The molecule has 0 aliphatic carbocycles. The average Bonchev–Trinajstić information content (AvgIpc) is 3.33. The zero-order valence-electron chi connectivity index (χ0n) is 17.1. The molecule has 0 fully saturated rings. The molecule has 0 spiro atoms. The van der Waals surface area contributed by atoms with Gasteiger partial charge in [-0.1, -0.05) is 24.3 Å². The van der Waals surface area contributed by atoms with Crippen molar-refractivity contribution in [2.24, 2.45) is 0 Å². The van der Waals surface area contributed by atoms with Crippen molar-refractivity contribution in [3.8, 4) is 11.5 Å². The molecule has 2 amide bonds. The van der Waals surface area contributed by atoms with Crippen LogP contribution in [-0.4, -0.2) is 57.7 Å². The Morgan fingerprint density at radius 1 is 1.00 bits per heavy atom. The highest BCUT2D eigenvalue weighted by atomic mass is 16.5. The van der Waals surface area contributed by atoms with E-state index in [-0.39, 0.29) is 31.5 Å². The van der Waals surface area contributed by atoms with Crippen LogP contribution in [0.4, 0.5) is 0 Å². The number of hydrogen-bond donors (Lipinski definition) is 1. The van der Waals surface area contributed by atoms with Gasteiger partial charge in [-0.15, -0.1) is 0 Å². The van der Waals surface area contributed by atoms with Crippen molar-refractivity contribution in [3.63, 3.8) is 0 Å². The highest BCUT2D eigenvalue weighted by molar-refractivity contribution is 6.21. The van der Waals surface area contributed by atoms with Crippen LogP contribution < -0.4 is 9.47 Å². The van der Waals surface area contributed by atoms with E-state index in [1.54, 1.807) is 60.5 Å². The van der Waals surface area contributed by atoms with E-state index >= 15 is 0 Å². The number of fused-ring (bicyclic) bond motifs is 1. The Morgan fingerprint density at radius 3 is 2.32 bits per heavy atom. The van der Waals surface area contributed by atoms with Crippen LogP contribution in [0.5, 0.6) is 11.5 Å². The lowest BCUT2D eigenvalue weighted by Gasteiger charge is -2.17. The van der Waals surface area contributed by atoms with Crippen LogP contribution in [0.1, 0.15) is 26.5 Å². The lowest BCUT2D eigenvalue weighted by Crippen LogP contribution is -2.32. The maximum absolute atomic E-state index is 12.5. The summed E-state index contributed by atoms with van der Waals surface area (Å²) in [6, 6.07) is 14.0. The lowest BCUT2D eigenvalue weighted by molar-refractivity contribution is 0.0653. The van der Waals surface area contributed by atoms with Crippen LogP contribution in [0.3, 0.4) is 0 Å². The summed E-state index contributed by atoms with van der Waals surface area (Å²) in [6.45, 7) is 0.570. The molecule has 1 atom stereocenters. The first kappa shape index (κ1) is 20.6. The molecule has 3 aromatic rings. The van der Waals surface area contributed by atoms with Gasteiger partial charge in [0.2, 0.25) is 0 Å². The summed E-state index contributed by atoms with van der Waals surface area (Å²) in [5.41, 5.74) is 0.861. The molecule has 0 saturated heterocycles. The fraction of sp³-hybridized carbons (Fsp3) is 0.261. The Labute approximate surface area is 179 Å². The molecule has 1 N–H and O–H groups in total. The maximum Gasteiger partial charge on any atom is 0.261 e.